The average molecular weight is 480 g/mol. The van der Waals surface area contributed by atoms with E-state index in [9.17, 15) is 9.90 Å². The summed E-state index contributed by atoms with van der Waals surface area (Å²) in [6.07, 6.45) is 9.51. The number of rotatable bonds is 7. The van der Waals surface area contributed by atoms with Gasteiger partial charge in [-0.3, -0.25) is 9.89 Å². The molecule has 3 N–H and O–H groups in total. The minimum Gasteiger partial charge on any atom is -0.390 e. The molecular formula is C24H29N7O2S. The number of nitrogens with one attached hydrogen (secondary N) is 2. The zero-order chi connectivity index (χ0) is 23.1. The van der Waals surface area contributed by atoms with Crippen molar-refractivity contribution in [2.75, 3.05) is 16.8 Å². The summed E-state index contributed by atoms with van der Waals surface area (Å²) in [6, 6.07) is 1.44. The first-order chi connectivity index (χ1) is 16.7. The smallest absolute Gasteiger partial charge is 0.228 e. The van der Waals surface area contributed by atoms with Crippen LogP contribution in [0.25, 0.3) is 0 Å². The van der Waals surface area contributed by atoms with E-state index in [1.54, 1.807) is 6.20 Å². The third-order valence-electron chi connectivity index (χ3n) is 7.32. The molecule has 0 amide bonds. The van der Waals surface area contributed by atoms with Crippen LogP contribution in [0.5, 0.6) is 0 Å². The van der Waals surface area contributed by atoms with Crippen molar-refractivity contribution in [3.63, 3.8) is 0 Å². The second-order valence-electron chi connectivity index (χ2n) is 9.53. The van der Waals surface area contributed by atoms with Crippen molar-refractivity contribution in [1.82, 2.24) is 25.1 Å². The van der Waals surface area contributed by atoms with Gasteiger partial charge in [0.05, 0.1) is 23.2 Å². The summed E-state index contributed by atoms with van der Waals surface area (Å²) < 4.78 is 0. The summed E-state index contributed by atoms with van der Waals surface area (Å²) >= 11 is 1.46. The molecule has 6 rings (SSSR count). The summed E-state index contributed by atoms with van der Waals surface area (Å²) in [7, 11) is 0. The van der Waals surface area contributed by atoms with Crippen molar-refractivity contribution in [2.45, 2.75) is 75.9 Å². The van der Waals surface area contributed by atoms with Gasteiger partial charge in [0.1, 0.15) is 11.9 Å². The lowest BCUT2D eigenvalue weighted by atomic mass is 10.0. The molecule has 0 bridgehead atoms. The molecule has 34 heavy (non-hydrogen) atoms. The summed E-state index contributed by atoms with van der Waals surface area (Å²) in [4.78, 5) is 28.9. The molecule has 2 fully saturated rings. The van der Waals surface area contributed by atoms with Crippen LogP contribution in [-0.4, -0.2) is 54.7 Å². The van der Waals surface area contributed by atoms with E-state index in [0.29, 0.717) is 24.8 Å². The van der Waals surface area contributed by atoms with E-state index in [1.807, 2.05) is 10.3 Å². The van der Waals surface area contributed by atoms with Crippen LogP contribution in [0.15, 0.2) is 17.6 Å². The molecule has 0 aromatic carbocycles. The van der Waals surface area contributed by atoms with Gasteiger partial charge in [0.25, 0.3) is 0 Å². The Balaban J connectivity index is 1.27. The molecule has 0 radical (unpaired) electrons. The number of aromatic nitrogens is 5. The number of thiazole rings is 1. The van der Waals surface area contributed by atoms with Crippen LogP contribution >= 0.6 is 11.3 Å². The summed E-state index contributed by atoms with van der Waals surface area (Å²) in [5, 5.41) is 24.4. The zero-order valence-electron chi connectivity index (χ0n) is 19.0. The Bertz CT molecular complexity index is 1170. The van der Waals surface area contributed by atoms with Crippen LogP contribution in [0.2, 0.25) is 0 Å². The Kier molecular flexibility index (Phi) is 5.78. The van der Waals surface area contributed by atoms with Crippen LogP contribution in [-0.2, 0) is 24.1 Å². The molecule has 2 unspecified atom stereocenters. The number of fused-ring (bicyclic) bond motifs is 1. The highest BCUT2D eigenvalue weighted by Gasteiger charge is 2.40. The molecule has 178 valence electrons. The summed E-state index contributed by atoms with van der Waals surface area (Å²) in [5.41, 5.74) is 3.33. The minimum absolute atomic E-state index is 0.0490. The summed E-state index contributed by atoms with van der Waals surface area (Å²) in [5.74, 6) is 2.54. The number of anilines is 3. The van der Waals surface area contributed by atoms with E-state index in [4.69, 9.17) is 9.97 Å². The highest BCUT2D eigenvalue weighted by Crippen LogP contribution is 2.36. The summed E-state index contributed by atoms with van der Waals surface area (Å²) in [6.45, 7) is 0.544. The Morgan fingerprint density at radius 3 is 2.91 bits per heavy atom. The molecule has 2 atom stereocenters. The van der Waals surface area contributed by atoms with Gasteiger partial charge < -0.3 is 15.3 Å². The van der Waals surface area contributed by atoms with Gasteiger partial charge in [0.15, 0.2) is 11.6 Å². The van der Waals surface area contributed by atoms with Gasteiger partial charge in [-0.05, 0) is 38.5 Å². The third kappa shape index (κ3) is 4.09. The molecule has 3 aliphatic rings. The van der Waals surface area contributed by atoms with Crippen molar-refractivity contribution in [3.05, 3.63) is 39.6 Å². The van der Waals surface area contributed by atoms with Crippen molar-refractivity contribution < 1.29 is 9.90 Å². The maximum Gasteiger partial charge on any atom is 0.228 e. The monoisotopic (exact) mass is 479 g/mol. The molecule has 0 spiro atoms. The topological polar surface area (TPSA) is 120 Å². The Labute approximate surface area is 202 Å². The fraction of sp³-hybridized carbons (Fsp3) is 0.542. The minimum atomic E-state index is -0.735. The fourth-order valence-corrected chi connectivity index (χ4v) is 6.23. The van der Waals surface area contributed by atoms with Gasteiger partial charge in [-0.2, -0.15) is 10.1 Å². The largest absolute Gasteiger partial charge is 0.390 e. The molecule has 4 heterocycles. The SMILES string of the molecule is O=C(Cc1nccs1)C1C(O)CCN1c1nc2c(c(Nc3cc(C4CCCC4)[nH]n3)n1)CCC2. The number of carbonyl (C=O) groups excluding carboxylic acids is 1. The Morgan fingerprint density at radius 1 is 1.21 bits per heavy atom. The van der Waals surface area contributed by atoms with Crippen molar-refractivity contribution in [3.8, 4) is 0 Å². The van der Waals surface area contributed by atoms with E-state index in [0.717, 1.165) is 47.2 Å². The third-order valence-corrected chi connectivity index (χ3v) is 8.10. The number of aliphatic hydroxyl groups excluding tert-OH is 1. The predicted octanol–water partition coefficient (Wildman–Crippen LogP) is 3.30. The van der Waals surface area contributed by atoms with Crippen LogP contribution in [0, 0.1) is 0 Å². The predicted molar refractivity (Wildman–Crippen MR) is 130 cm³/mol. The Hall–Kier alpha value is -2.85. The number of hydrogen-bond acceptors (Lipinski definition) is 9. The zero-order valence-corrected chi connectivity index (χ0v) is 19.9. The lowest BCUT2D eigenvalue weighted by Gasteiger charge is -2.26. The highest BCUT2D eigenvalue weighted by molar-refractivity contribution is 7.09. The van der Waals surface area contributed by atoms with E-state index in [-0.39, 0.29) is 12.2 Å². The van der Waals surface area contributed by atoms with Crippen LogP contribution < -0.4 is 10.2 Å². The lowest BCUT2D eigenvalue weighted by molar-refractivity contribution is -0.121. The number of ketones is 1. The van der Waals surface area contributed by atoms with Crippen molar-refractivity contribution in [2.24, 2.45) is 0 Å². The van der Waals surface area contributed by atoms with Gasteiger partial charge in [-0.15, -0.1) is 11.3 Å². The highest BCUT2D eigenvalue weighted by atomic mass is 32.1. The average Bonchev–Trinajstić information content (AvgIpc) is 3.64. The van der Waals surface area contributed by atoms with E-state index in [1.165, 1.54) is 42.7 Å². The van der Waals surface area contributed by atoms with Crippen LogP contribution in [0.3, 0.4) is 0 Å². The normalized spacial score (nSPS) is 22.4. The van der Waals surface area contributed by atoms with E-state index in [2.05, 4.69) is 26.6 Å². The van der Waals surface area contributed by atoms with E-state index < -0.39 is 12.1 Å². The van der Waals surface area contributed by atoms with Gasteiger partial charge in [-0.1, -0.05) is 12.8 Å². The molecule has 9 nitrogen and oxygen atoms in total. The van der Waals surface area contributed by atoms with E-state index >= 15 is 0 Å². The molecule has 10 heteroatoms. The molecule has 1 aliphatic heterocycles. The number of aliphatic hydroxyl groups is 1. The molecular weight excluding hydrogens is 450 g/mol. The lowest BCUT2D eigenvalue weighted by Crippen LogP contribution is -2.43. The van der Waals surface area contributed by atoms with Gasteiger partial charge in [0.2, 0.25) is 5.95 Å². The number of nitrogens with zero attached hydrogens (tertiary/aromatic N) is 5. The maximum absolute atomic E-state index is 13.1. The van der Waals surface area contributed by atoms with Gasteiger partial charge >= 0.3 is 0 Å². The first-order valence-corrected chi connectivity index (χ1v) is 13.1. The van der Waals surface area contributed by atoms with Gasteiger partial charge in [-0.25, -0.2) is 9.97 Å². The van der Waals surface area contributed by atoms with Crippen molar-refractivity contribution in [1.29, 1.82) is 0 Å². The first-order valence-electron chi connectivity index (χ1n) is 12.2. The van der Waals surface area contributed by atoms with Gasteiger partial charge in [0, 0.05) is 41.4 Å². The number of aryl methyl sites for hydroxylation is 1. The Morgan fingerprint density at radius 2 is 2.09 bits per heavy atom. The number of hydrogen-bond donors (Lipinski definition) is 3. The molecule has 2 aliphatic carbocycles. The number of Topliss-reactive ketones (excluding diaryl/α,β-unsaturated/α-hetero) is 1. The fourth-order valence-electron chi connectivity index (χ4n) is 5.60. The molecule has 1 saturated carbocycles. The number of aromatic amines is 1. The molecule has 3 aromatic heterocycles. The number of H-pyrrole nitrogens is 1. The first kappa shape index (κ1) is 21.7. The second kappa shape index (κ2) is 9.07. The quantitative estimate of drug-likeness (QED) is 0.472. The van der Waals surface area contributed by atoms with Crippen LogP contribution in [0.4, 0.5) is 17.6 Å². The number of carbonyl (C=O) groups is 1. The molecule has 1 saturated heterocycles. The molecule has 3 aromatic rings. The second-order valence-corrected chi connectivity index (χ2v) is 10.5. The van der Waals surface area contributed by atoms with Crippen molar-refractivity contribution >= 4 is 34.7 Å². The van der Waals surface area contributed by atoms with Crippen LogP contribution in [0.1, 0.15) is 66.4 Å². The maximum atomic E-state index is 13.1. The standard InChI is InChI=1S/C24H29N7O2S/c32-18-8-10-31(22(18)19(33)13-21-25-9-11-34-21)24-26-16-7-3-6-15(16)23(28-24)27-20-12-17(29-30-20)14-4-1-2-5-14/h9,11-12,14,18,22,32H,1-8,10,13H2,(H2,26,27,28,29,30).